The van der Waals surface area contributed by atoms with Gasteiger partial charge in [-0.1, -0.05) is 269 Å². The molecule has 1 aliphatic heterocycles. The average molecular weight is 979 g/mol. The summed E-state index contributed by atoms with van der Waals surface area (Å²) in [6, 6.07) is -0.802. The van der Waals surface area contributed by atoms with E-state index < -0.39 is 49.5 Å². The van der Waals surface area contributed by atoms with E-state index in [4.69, 9.17) is 9.47 Å². The van der Waals surface area contributed by atoms with Crippen molar-refractivity contribution in [2.24, 2.45) is 0 Å². The lowest BCUT2D eigenvalue weighted by atomic mass is 9.99. The number of carbonyl (C=O) groups is 1. The molecular weight excluding hydrogens is 863 g/mol. The highest BCUT2D eigenvalue weighted by atomic mass is 16.7. The highest BCUT2D eigenvalue weighted by Gasteiger charge is 2.44. The predicted molar refractivity (Wildman–Crippen MR) is 290 cm³/mol. The number of hydrogen-bond donors (Lipinski definition) is 6. The Morgan fingerprint density at radius 2 is 0.812 bits per heavy atom. The van der Waals surface area contributed by atoms with Crippen LogP contribution in [0.4, 0.5) is 0 Å². The van der Waals surface area contributed by atoms with Crippen molar-refractivity contribution in [2.75, 3.05) is 13.2 Å². The number of unbranched alkanes of at least 4 members (excludes halogenated alkanes) is 40. The van der Waals surface area contributed by atoms with Gasteiger partial charge < -0.3 is 40.3 Å². The molecule has 0 radical (unpaired) electrons. The maximum absolute atomic E-state index is 13.0. The fourth-order valence-corrected chi connectivity index (χ4v) is 9.74. The third-order valence-electron chi connectivity index (χ3n) is 14.5. The molecule has 1 amide bonds. The van der Waals surface area contributed by atoms with Crippen LogP contribution < -0.4 is 5.32 Å². The number of carbonyl (C=O) groups excluding carboxylic acids is 1. The molecule has 0 bridgehead atoms. The van der Waals surface area contributed by atoms with Crippen LogP contribution in [0.15, 0.2) is 24.3 Å². The van der Waals surface area contributed by atoms with E-state index in [1.165, 1.54) is 238 Å². The third kappa shape index (κ3) is 39.8. The Morgan fingerprint density at radius 3 is 1.17 bits per heavy atom. The van der Waals surface area contributed by atoms with Crippen molar-refractivity contribution >= 4 is 5.91 Å². The van der Waals surface area contributed by atoms with Crippen molar-refractivity contribution in [1.82, 2.24) is 5.32 Å². The van der Waals surface area contributed by atoms with E-state index in [1.807, 2.05) is 6.08 Å². The van der Waals surface area contributed by atoms with Crippen LogP contribution in [0.3, 0.4) is 0 Å². The molecule has 9 heteroatoms. The normalized spacial score (nSPS) is 19.6. The Morgan fingerprint density at radius 1 is 0.478 bits per heavy atom. The highest BCUT2D eigenvalue weighted by Crippen LogP contribution is 2.23. The van der Waals surface area contributed by atoms with Gasteiger partial charge in [-0.2, -0.15) is 0 Å². The summed E-state index contributed by atoms with van der Waals surface area (Å²) >= 11 is 0. The van der Waals surface area contributed by atoms with Gasteiger partial charge in [0, 0.05) is 6.42 Å². The lowest BCUT2D eigenvalue weighted by Gasteiger charge is -2.40. The van der Waals surface area contributed by atoms with Gasteiger partial charge in [0.1, 0.15) is 24.4 Å². The summed E-state index contributed by atoms with van der Waals surface area (Å²) in [6.07, 6.45) is 56.9. The van der Waals surface area contributed by atoms with Gasteiger partial charge >= 0.3 is 0 Å². The van der Waals surface area contributed by atoms with Gasteiger partial charge in [-0.15, -0.1) is 0 Å². The van der Waals surface area contributed by atoms with Crippen molar-refractivity contribution in [3.63, 3.8) is 0 Å². The molecule has 6 N–H and O–H groups in total. The van der Waals surface area contributed by atoms with Crippen LogP contribution in [0.2, 0.25) is 0 Å². The van der Waals surface area contributed by atoms with Crippen LogP contribution in [-0.2, 0) is 14.3 Å². The van der Waals surface area contributed by atoms with E-state index in [-0.39, 0.29) is 12.5 Å². The molecule has 7 unspecified atom stereocenters. The van der Waals surface area contributed by atoms with Gasteiger partial charge in [-0.3, -0.25) is 4.79 Å². The fraction of sp³-hybridized carbons (Fsp3) is 0.917. The van der Waals surface area contributed by atoms with E-state index in [0.29, 0.717) is 6.42 Å². The smallest absolute Gasteiger partial charge is 0.220 e. The van der Waals surface area contributed by atoms with Gasteiger partial charge in [-0.25, -0.2) is 0 Å². The minimum Gasteiger partial charge on any atom is -0.394 e. The quantitative estimate of drug-likeness (QED) is 0.0261. The van der Waals surface area contributed by atoms with E-state index in [2.05, 4.69) is 31.3 Å². The van der Waals surface area contributed by atoms with Crippen LogP contribution in [0, 0.1) is 0 Å². The summed E-state index contributed by atoms with van der Waals surface area (Å²) in [6.45, 7) is 3.80. The maximum Gasteiger partial charge on any atom is 0.220 e. The van der Waals surface area contributed by atoms with Crippen LogP contribution >= 0.6 is 0 Å². The number of rotatable bonds is 52. The van der Waals surface area contributed by atoms with Crippen molar-refractivity contribution in [2.45, 2.75) is 339 Å². The monoisotopic (exact) mass is 978 g/mol. The second-order valence-corrected chi connectivity index (χ2v) is 21.1. The molecule has 1 rings (SSSR count). The Hall–Kier alpha value is -1.33. The number of hydrogen-bond acceptors (Lipinski definition) is 8. The number of nitrogens with one attached hydrogen (secondary N) is 1. The third-order valence-corrected chi connectivity index (χ3v) is 14.5. The first-order chi connectivity index (χ1) is 33.8. The number of allylic oxidation sites excluding steroid dienone is 3. The molecule has 1 heterocycles. The molecule has 0 aromatic heterocycles. The summed E-state index contributed by atoms with van der Waals surface area (Å²) in [5.74, 6) is -0.172. The summed E-state index contributed by atoms with van der Waals surface area (Å²) in [7, 11) is 0. The van der Waals surface area contributed by atoms with Gasteiger partial charge in [0.15, 0.2) is 6.29 Å². The summed E-state index contributed by atoms with van der Waals surface area (Å²) in [5.41, 5.74) is 0. The summed E-state index contributed by atoms with van der Waals surface area (Å²) in [4.78, 5) is 13.0. The van der Waals surface area contributed by atoms with Crippen LogP contribution in [0.5, 0.6) is 0 Å². The van der Waals surface area contributed by atoms with E-state index in [0.717, 1.165) is 38.5 Å². The number of aliphatic hydroxyl groups excluding tert-OH is 5. The molecule has 7 atom stereocenters. The molecule has 0 spiro atoms. The number of aliphatic hydroxyl groups is 5. The van der Waals surface area contributed by atoms with Crippen molar-refractivity contribution in [3.8, 4) is 0 Å². The molecule has 0 aromatic rings. The Labute approximate surface area is 426 Å². The van der Waals surface area contributed by atoms with Gasteiger partial charge in [-0.05, 0) is 44.9 Å². The first-order valence-electron chi connectivity index (χ1n) is 30.1. The summed E-state index contributed by atoms with van der Waals surface area (Å²) < 4.78 is 11.3. The number of amides is 1. The second kappa shape index (κ2) is 50.2. The minimum absolute atomic E-state index is 0.172. The first-order valence-corrected chi connectivity index (χ1v) is 30.1. The predicted octanol–water partition coefficient (Wildman–Crippen LogP) is 15.0. The van der Waals surface area contributed by atoms with Crippen molar-refractivity contribution < 1.29 is 39.8 Å². The zero-order valence-electron chi connectivity index (χ0n) is 45.3. The van der Waals surface area contributed by atoms with Gasteiger partial charge in [0.25, 0.3) is 0 Å². The minimum atomic E-state index is -1.56. The van der Waals surface area contributed by atoms with Gasteiger partial charge in [0.2, 0.25) is 5.91 Å². The molecule has 1 aliphatic rings. The molecule has 1 fully saturated rings. The molecule has 69 heavy (non-hydrogen) atoms. The Kier molecular flexibility index (Phi) is 47.8. The molecule has 0 saturated carbocycles. The fourth-order valence-electron chi connectivity index (χ4n) is 9.74. The van der Waals surface area contributed by atoms with E-state index in [9.17, 15) is 30.3 Å². The largest absolute Gasteiger partial charge is 0.394 e. The lowest BCUT2D eigenvalue weighted by molar-refractivity contribution is -0.302. The molecule has 9 nitrogen and oxygen atoms in total. The standard InChI is InChI=1S/C60H115NO8/c1-3-5-7-9-11-13-15-17-19-20-21-22-23-24-25-26-27-28-29-30-31-32-33-34-35-36-38-40-42-44-46-48-50-56(64)61-53(52-68-60-59(67)58(66)57(65)55(51-62)69-60)54(63)49-47-45-43-41-39-37-18-16-14-12-10-8-6-4-2/h24-25,47,49,53-55,57-60,62-63,65-67H,3-23,26-46,48,50-52H2,1-2H3,(H,61,64)/b25-24-,49-47+. The van der Waals surface area contributed by atoms with Gasteiger partial charge in [0.05, 0.1) is 25.4 Å². The molecule has 1 saturated heterocycles. The molecule has 0 aromatic carbocycles. The zero-order chi connectivity index (χ0) is 50.1. The van der Waals surface area contributed by atoms with Crippen LogP contribution in [0.1, 0.15) is 296 Å². The SMILES string of the molecule is CCCCCCCCCCCCCC/C=C\CCCCCCCCCCCCCCCCCCC(=O)NC(COC1OC(CO)C(O)C(O)C1O)C(O)/C=C/CCCCCCCCCCCCCC. The molecular formula is C60H115NO8. The van der Waals surface area contributed by atoms with Crippen molar-refractivity contribution in [3.05, 3.63) is 24.3 Å². The first kappa shape index (κ1) is 65.7. The van der Waals surface area contributed by atoms with Crippen LogP contribution in [0.25, 0.3) is 0 Å². The molecule has 408 valence electrons. The highest BCUT2D eigenvalue weighted by molar-refractivity contribution is 5.76. The summed E-state index contributed by atoms with van der Waals surface area (Å²) in [5, 5.41) is 54.4. The lowest BCUT2D eigenvalue weighted by Crippen LogP contribution is -2.60. The Bertz CT molecular complexity index is 1130. The average Bonchev–Trinajstić information content (AvgIpc) is 3.35. The topological polar surface area (TPSA) is 149 Å². The maximum atomic E-state index is 13.0. The van der Waals surface area contributed by atoms with Crippen LogP contribution in [-0.4, -0.2) is 87.5 Å². The van der Waals surface area contributed by atoms with E-state index in [1.54, 1.807) is 6.08 Å². The molecule has 0 aliphatic carbocycles. The van der Waals surface area contributed by atoms with E-state index >= 15 is 0 Å². The van der Waals surface area contributed by atoms with Crippen molar-refractivity contribution in [1.29, 1.82) is 0 Å². The zero-order valence-corrected chi connectivity index (χ0v) is 45.3. The number of ether oxygens (including phenoxy) is 2. The second-order valence-electron chi connectivity index (χ2n) is 21.1. The Balaban J connectivity index is 2.11.